The Labute approximate surface area is 138 Å². The molecule has 23 heavy (non-hydrogen) atoms. The molecule has 122 valence electrons. The third-order valence-electron chi connectivity index (χ3n) is 3.34. The lowest BCUT2D eigenvalue weighted by Crippen LogP contribution is -2.39. The predicted molar refractivity (Wildman–Crippen MR) is 83.9 cm³/mol. The quantitative estimate of drug-likeness (QED) is 0.655. The molecule has 1 aromatic carbocycles. The fourth-order valence-electron chi connectivity index (χ4n) is 2.13. The number of benzene rings is 1. The molecule has 1 aliphatic rings. The fourth-order valence-corrected chi connectivity index (χ4v) is 2.31. The Kier molecular flexibility index (Phi) is 5.00. The standard InChI is InChI=1S/C15H16ClN3O4/c1-3-6-18-13(21)14(22)19(15(18)23)8-12(20)17-10-5-4-9(2)11(16)7-10/h4-5,7H,3,6,8H2,1-2H3,(H,17,20). The van der Waals surface area contributed by atoms with E-state index in [1.165, 1.54) is 0 Å². The van der Waals surface area contributed by atoms with Crippen LogP contribution in [0.4, 0.5) is 10.5 Å². The average Bonchev–Trinajstić information content (AvgIpc) is 2.69. The van der Waals surface area contributed by atoms with Crippen LogP contribution in [0.1, 0.15) is 18.9 Å². The zero-order valence-corrected chi connectivity index (χ0v) is 13.5. The molecule has 5 amide bonds. The number of halogens is 1. The molecule has 1 heterocycles. The van der Waals surface area contributed by atoms with Gasteiger partial charge in [0.2, 0.25) is 5.91 Å². The van der Waals surface area contributed by atoms with Gasteiger partial charge >= 0.3 is 17.8 Å². The highest BCUT2D eigenvalue weighted by Gasteiger charge is 2.44. The molecule has 0 saturated carbocycles. The van der Waals surface area contributed by atoms with Gasteiger partial charge in [-0.2, -0.15) is 0 Å². The van der Waals surface area contributed by atoms with E-state index in [1.807, 2.05) is 6.92 Å². The van der Waals surface area contributed by atoms with Gasteiger partial charge in [0.1, 0.15) is 6.54 Å². The monoisotopic (exact) mass is 337 g/mol. The van der Waals surface area contributed by atoms with Crippen molar-refractivity contribution >= 4 is 41.0 Å². The van der Waals surface area contributed by atoms with Crippen LogP contribution < -0.4 is 5.32 Å². The Bertz CT molecular complexity index is 689. The first-order valence-electron chi connectivity index (χ1n) is 7.08. The molecule has 0 unspecified atom stereocenters. The van der Waals surface area contributed by atoms with E-state index < -0.39 is 30.3 Å². The van der Waals surface area contributed by atoms with E-state index >= 15 is 0 Å². The summed E-state index contributed by atoms with van der Waals surface area (Å²) in [5.74, 6) is -2.47. The maximum absolute atomic E-state index is 12.0. The Balaban J connectivity index is 2.05. The molecule has 0 radical (unpaired) electrons. The number of amides is 5. The second-order valence-corrected chi connectivity index (χ2v) is 5.55. The molecule has 1 aliphatic heterocycles. The molecule has 1 fully saturated rings. The van der Waals surface area contributed by atoms with Gasteiger partial charge in [-0.1, -0.05) is 24.6 Å². The molecule has 0 atom stereocenters. The van der Waals surface area contributed by atoms with Crippen LogP contribution in [0, 0.1) is 6.92 Å². The van der Waals surface area contributed by atoms with Crippen molar-refractivity contribution in [3.63, 3.8) is 0 Å². The normalized spacial score (nSPS) is 14.7. The van der Waals surface area contributed by atoms with E-state index in [1.54, 1.807) is 25.1 Å². The minimum absolute atomic E-state index is 0.148. The van der Waals surface area contributed by atoms with E-state index in [0.717, 1.165) is 10.5 Å². The molecular formula is C15H16ClN3O4. The number of nitrogens with one attached hydrogen (secondary N) is 1. The summed E-state index contributed by atoms with van der Waals surface area (Å²) in [6, 6.07) is 4.19. The summed E-state index contributed by atoms with van der Waals surface area (Å²) in [5.41, 5.74) is 1.30. The SMILES string of the molecule is CCCN1C(=O)C(=O)N(CC(=O)Nc2ccc(C)c(Cl)c2)C1=O. The van der Waals surface area contributed by atoms with Crippen LogP contribution in [0.5, 0.6) is 0 Å². The summed E-state index contributed by atoms with van der Waals surface area (Å²) in [5, 5.41) is 3.03. The summed E-state index contributed by atoms with van der Waals surface area (Å²) in [7, 11) is 0. The lowest BCUT2D eigenvalue weighted by atomic mass is 10.2. The Morgan fingerprint density at radius 3 is 2.43 bits per heavy atom. The van der Waals surface area contributed by atoms with Crippen LogP contribution in [0.25, 0.3) is 0 Å². The summed E-state index contributed by atoms with van der Waals surface area (Å²) in [6.07, 6.45) is 0.534. The summed E-state index contributed by atoms with van der Waals surface area (Å²) in [6.45, 7) is 3.23. The molecule has 0 bridgehead atoms. The van der Waals surface area contributed by atoms with Gasteiger partial charge in [-0.15, -0.1) is 0 Å². The number of rotatable bonds is 5. The van der Waals surface area contributed by atoms with Gasteiger partial charge in [0.25, 0.3) is 0 Å². The van der Waals surface area contributed by atoms with Crippen molar-refractivity contribution in [1.82, 2.24) is 9.80 Å². The average molecular weight is 338 g/mol. The van der Waals surface area contributed by atoms with Crippen molar-refractivity contribution in [2.45, 2.75) is 20.3 Å². The van der Waals surface area contributed by atoms with E-state index in [4.69, 9.17) is 11.6 Å². The second-order valence-electron chi connectivity index (χ2n) is 5.14. The van der Waals surface area contributed by atoms with E-state index in [2.05, 4.69) is 5.32 Å². The second kappa shape index (κ2) is 6.78. The van der Waals surface area contributed by atoms with E-state index in [9.17, 15) is 19.2 Å². The number of imide groups is 2. The van der Waals surface area contributed by atoms with Crippen molar-refractivity contribution in [2.75, 3.05) is 18.4 Å². The lowest BCUT2D eigenvalue weighted by Gasteiger charge is -2.14. The topological polar surface area (TPSA) is 86.8 Å². The van der Waals surface area contributed by atoms with Crippen LogP contribution in [0.3, 0.4) is 0 Å². The van der Waals surface area contributed by atoms with E-state index in [0.29, 0.717) is 22.0 Å². The molecule has 0 aromatic heterocycles. The van der Waals surface area contributed by atoms with Gasteiger partial charge in [-0.25, -0.2) is 9.69 Å². The van der Waals surface area contributed by atoms with Gasteiger partial charge < -0.3 is 5.32 Å². The molecule has 2 rings (SSSR count). The minimum atomic E-state index is -0.986. The van der Waals surface area contributed by atoms with Gasteiger partial charge in [0.15, 0.2) is 0 Å². The number of carbonyl (C=O) groups is 4. The van der Waals surface area contributed by atoms with Gasteiger partial charge in [0.05, 0.1) is 0 Å². The maximum Gasteiger partial charge on any atom is 0.334 e. The highest BCUT2D eigenvalue weighted by molar-refractivity contribution is 6.45. The lowest BCUT2D eigenvalue weighted by molar-refractivity contribution is -0.143. The molecular weight excluding hydrogens is 322 g/mol. The summed E-state index contributed by atoms with van der Waals surface area (Å²) >= 11 is 5.97. The number of hydrogen-bond donors (Lipinski definition) is 1. The smallest absolute Gasteiger partial charge is 0.324 e. The Morgan fingerprint density at radius 2 is 1.83 bits per heavy atom. The van der Waals surface area contributed by atoms with Gasteiger partial charge in [-0.3, -0.25) is 19.3 Å². The van der Waals surface area contributed by atoms with Gasteiger partial charge in [-0.05, 0) is 31.0 Å². The van der Waals surface area contributed by atoms with Crippen molar-refractivity contribution in [2.24, 2.45) is 0 Å². The zero-order chi connectivity index (χ0) is 17.1. The Hall–Kier alpha value is -2.41. The maximum atomic E-state index is 12.0. The predicted octanol–water partition coefficient (Wildman–Crippen LogP) is 1.79. The largest absolute Gasteiger partial charge is 0.334 e. The highest BCUT2D eigenvalue weighted by Crippen LogP contribution is 2.20. The van der Waals surface area contributed by atoms with E-state index in [-0.39, 0.29) is 6.54 Å². The summed E-state index contributed by atoms with van der Waals surface area (Å²) in [4.78, 5) is 49.0. The molecule has 1 aromatic rings. The summed E-state index contributed by atoms with van der Waals surface area (Å²) < 4.78 is 0. The number of urea groups is 1. The van der Waals surface area contributed by atoms with Crippen LogP contribution in [0.2, 0.25) is 5.02 Å². The highest BCUT2D eigenvalue weighted by atomic mass is 35.5. The number of carbonyl (C=O) groups excluding carboxylic acids is 4. The molecule has 7 nitrogen and oxygen atoms in total. The number of aryl methyl sites for hydroxylation is 1. The first-order chi connectivity index (χ1) is 10.8. The first kappa shape index (κ1) is 17.0. The fraction of sp³-hybridized carbons (Fsp3) is 0.333. The Morgan fingerprint density at radius 1 is 1.17 bits per heavy atom. The van der Waals surface area contributed by atoms with Gasteiger partial charge in [0, 0.05) is 17.3 Å². The molecule has 1 saturated heterocycles. The molecule has 0 aliphatic carbocycles. The van der Waals surface area contributed by atoms with Crippen molar-refractivity contribution in [3.05, 3.63) is 28.8 Å². The number of anilines is 1. The molecule has 8 heteroatoms. The van der Waals surface area contributed by atoms with Crippen LogP contribution in [0.15, 0.2) is 18.2 Å². The van der Waals surface area contributed by atoms with Crippen molar-refractivity contribution in [3.8, 4) is 0 Å². The zero-order valence-electron chi connectivity index (χ0n) is 12.8. The van der Waals surface area contributed by atoms with Crippen LogP contribution >= 0.6 is 11.6 Å². The van der Waals surface area contributed by atoms with Crippen LogP contribution in [-0.4, -0.2) is 46.6 Å². The molecule has 1 N–H and O–H groups in total. The third kappa shape index (κ3) is 3.50. The van der Waals surface area contributed by atoms with Crippen molar-refractivity contribution < 1.29 is 19.2 Å². The molecule has 0 spiro atoms. The van der Waals surface area contributed by atoms with Crippen molar-refractivity contribution in [1.29, 1.82) is 0 Å². The third-order valence-corrected chi connectivity index (χ3v) is 3.75. The van der Waals surface area contributed by atoms with Crippen LogP contribution in [-0.2, 0) is 14.4 Å². The minimum Gasteiger partial charge on any atom is -0.324 e. The number of nitrogens with zero attached hydrogens (tertiary/aromatic N) is 2. The first-order valence-corrected chi connectivity index (χ1v) is 7.46. The number of hydrogen-bond acceptors (Lipinski definition) is 4.